The zero-order valence-electron chi connectivity index (χ0n) is 19.5. The molecule has 0 aliphatic heterocycles. The molecule has 2 amide bonds. The summed E-state index contributed by atoms with van der Waals surface area (Å²) in [5.74, 6) is 0.711. The first-order valence-corrected chi connectivity index (χ1v) is 12.4. The van der Waals surface area contributed by atoms with Crippen LogP contribution in [0.5, 0.6) is 11.5 Å². The van der Waals surface area contributed by atoms with Gasteiger partial charge in [-0.2, -0.15) is 0 Å². The highest BCUT2D eigenvalue weighted by Gasteiger charge is 2.35. The second-order valence-corrected chi connectivity index (χ2v) is 9.39. The number of hydrogen-bond donors (Lipinski definition) is 1. The van der Waals surface area contributed by atoms with Gasteiger partial charge in [-0.15, -0.1) is 11.3 Å². The normalized spacial score (nSPS) is 14.4. The average molecular weight is 479 g/mol. The molecule has 34 heavy (non-hydrogen) atoms. The summed E-state index contributed by atoms with van der Waals surface area (Å²) in [4.78, 5) is 30.1. The SMILES string of the molecule is COc1ccc(N(C(=O)Cc2cccs2)[C@@H](C(=O)NC2CCCC2)c2ccccc2)c(OC)c1. The van der Waals surface area contributed by atoms with Gasteiger partial charge in [0.05, 0.1) is 26.3 Å². The number of carbonyl (C=O) groups is 2. The van der Waals surface area contributed by atoms with Crippen LogP contribution in [0.25, 0.3) is 0 Å². The van der Waals surface area contributed by atoms with Crippen molar-refractivity contribution in [3.05, 3.63) is 76.5 Å². The summed E-state index contributed by atoms with van der Waals surface area (Å²) in [6.07, 6.45) is 4.32. The molecule has 4 rings (SSSR count). The number of amides is 2. The Morgan fingerprint density at radius 2 is 1.79 bits per heavy atom. The van der Waals surface area contributed by atoms with E-state index in [1.54, 1.807) is 37.3 Å². The fourth-order valence-corrected chi connectivity index (χ4v) is 5.15. The zero-order valence-corrected chi connectivity index (χ0v) is 20.3. The summed E-state index contributed by atoms with van der Waals surface area (Å²) in [6, 6.07) is 17.9. The number of anilines is 1. The number of methoxy groups -OCH3 is 2. The van der Waals surface area contributed by atoms with E-state index in [9.17, 15) is 9.59 Å². The number of ether oxygens (including phenoxy) is 2. The van der Waals surface area contributed by atoms with Gasteiger partial charge in [0, 0.05) is 17.0 Å². The van der Waals surface area contributed by atoms with Crippen molar-refractivity contribution in [1.82, 2.24) is 5.32 Å². The van der Waals surface area contributed by atoms with E-state index in [0.717, 1.165) is 36.1 Å². The second-order valence-electron chi connectivity index (χ2n) is 8.36. The predicted molar refractivity (Wildman–Crippen MR) is 135 cm³/mol. The molecular formula is C27H30N2O4S. The average Bonchev–Trinajstić information content (AvgIpc) is 3.57. The third kappa shape index (κ3) is 5.42. The molecule has 178 valence electrons. The van der Waals surface area contributed by atoms with E-state index < -0.39 is 6.04 Å². The minimum Gasteiger partial charge on any atom is -0.497 e. The predicted octanol–water partition coefficient (Wildman–Crippen LogP) is 5.14. The van der Waals surface area contributed by atoms with Crippen LogP contribution in [0.2, 0.25) is 0 Å². The molecule has 2 aromatic carbocycles. The number of benzene rings is 2. The highest BCUT2D eigenvalue weighted by molar-refractivity contribution is 7.10. The minimum atomic E-state index is -0.837. The molecule has 1 aromatic heterocycles. The molecule has 0 unspecified atom stereocenters. The van der Waals surface area contributed by atoms with Gasteiger partial charge in [0.15, 0.2) is 0 Å². The summed E-state index contributed by atoms with van der Waals surface area (Å²) >= 11 is 1.52. The van der Waals surface area contributed by atoms with E-state index in [1.165, 1.54) is 11.3 Å². The van der Waals surface area contributed by atoms with Gasteiger partial charge in [-0.3, -0.25) is 14.5 Å². The molecule has 0 radical (unpaired) electrons. The van der Waals surface area contributed by atoms with Gasteiger partial charge in [-0.1, -0.05) is 49.2 Å². The quantitative estimate of drug-likeness (QED) is 0.462. The van der Waals surface area contributed by atoms with Crippen molar-refractivity contribution in [1.29, 1.82) is 0 Å². The van der Waals surface area contributed by atoms with Gasteiger partial charge in [0.2, 0.25) is 11.8 Å². The van der Waals surface area contributed by atoms with Crippen molar-refractivity contribution < 1.29 is 19.1 Å². The third-order valence-electron chi connectivity index (χ3n) is 6.14. The maximum absolute atomic E-state index is 13.9. The highest BCUT2D eigenvalue weighted by atomic mass is 32.1. The molecule has 6 nitrogen and oxygen atoms in total. The Balaban J connectivity index is 1.80. The Hall–Kier alpha value is -3.32. The molecule has 1 fully saturated rings. The van der Waals surface area contributed by atoms with E-state index >= 15 is 0 Å². The molecule has 0 saturated heterocycles. The van der Waals surface area contributed by atoms with Crippen LogP contribution >= 0.6 is 11.3 Å². The van der Waals surface area contributed by atoms with Crippen LogP contribution in [0, 0.1) is 0 Å². The maximum Gasteiger partial charge on any atom is 0.248 e. The summed E-state index contributed by atoms with van der Waals surface area (Å²) in [6.45, 7) is 0. The van der Waals surface area contributed by atoms with E-state index in [2.05, 4.69) is 5.32 Å². The van der Waals surface area contributed by atoms with E-state index in [1.807, 2.05) is 47.8 Å². The lowest BCUT2D eigenvalue weighted by Gasteiger charge is -2.33. The van der Waals surface area contributed by atoms with Crippen LogP contribution in [-0.2, 0) is 16.0 Å². The molecule has 1 aliphatic carbocycles. The molecule has 0 bridgehead atoms. The summed E-state index contributed by atoms with van der Waals surface area (Å²) in [7, 11) is 3.13. The van der Waals surface area contributed by atoms with Crippen LogP contribution in [-0.4, -0.2) is 32.1 Å². The Labute approximate surface area is 204 Å². The van der Waals surface area contributed by atoms with Crippen molar-refractivity contribution in [3.63, 3.8) is 0 Å². The number of hydrogen-bond acceptors (Lipinski definition) is 5. The van der Waals surface area contributed by atoms with Crippen LogP contribution in [0.1, 0.15) is 42.2 Å². The Morgan fingerprint density at radius 1 is 1.03 bits per heavy atom. The number of nitrogens with one attached hydrogen (secondary N) is 1. The molecule has 3 aromatic rings. The van der Waals surface area contributed by atoms with Crippen LogP contribution in [0.15, 0.2) is 66.0 Å². The molecule has 1 heterocycles. The van der Waals surface area contributed by atoms with Crippen molar-refractivity contribution in [3.8, 4) is 11.5 Å². The third-order valence-corrected chi connectivity index (χ3v) is 7.02. The molecular weight excluding hydrogens is 448 g/mol. The zero-order chi connectivity index (χ0) is 23.9. The number of rotatable bonds is 9. The first-order valence-electron chi connectivity index (χ1n) is 11.5. The fraction of sp³-hybridized carbons (Fsp3) is 0.333. The standard InChI is InChI=1S/C27H30N2O4S/c1-32-21-14-15-23(24(17-21)33-2)29(25(30)18-22-13-8-16-34-22)26(19-9-4-3-5-10-19)27(31)28-20-11-6-7-12-20/h3-5,8-10,13-17,20,26H,6-7,11-12,18H2,1-2H3,(H,28,31)/t26-/m1/s1. The van der Waals surface area contributed by atoms with Gasteiger partial charge in [0.25, 0.3) is 0 Å². The van der Waals surface area contributed by atoms with E-state index in [4.69, 9.17) is 9.47 Å². The Kier molecular flexibility index (Phi) is 7.85. The first-order chi connectivity index (χ1) is 16.6. The van der Waals surface area contributed by atoms with Gasteiger partial charge < -0.3 is 14.8 Å². The molecule has 0 spiro atoms. The summed E-state index contributed by atoms with van der Waals surface area (Å²) < 4.78 is 11.0. The molecule has 1 N–H and O–H groups in total. The largest absolute Gasteiger partial charge is 0.497 e. The number of carbonyl (C=O) groups excluding carboxylic acids is 2. The minimum absolute atomic E-state index is 0.130. The smallest absolute Gasteiger partial charge is 0.248 e. The van der Waals surface area contributed by atoms with Crippen molar-refractivity contribution >= 4 is 28.8 Å². The first kappa shape index (κ1) is 23.8. The maximum atomic E-state index is 13.9. The lowest BCUT2D eigenvalue weighted by molar-refractivity contribution is -0.127. The van der Waals surface area contributed by atoms with Crippen molar-refractivity contribution in [2.45, 2.75) is 44.2 Å². The van der Waals surface area contributed by atoms with Crippen LogP contribution in [0.4, 0.5) is 5.69 Å². The van der Waals surface area contributed by atoms with Crippen LogP contribution in [0.3, 0.4) is 0 Å². The monoisotopic (exact) mass is 478 g/mol. The summed E-state index contributed by atoms with van der Waals surface area (Å²) in [5.41, 5.74) is 1.27. The van der Waals surface area contributed by atoms with E-state index in [-0.39, 0.29) is 24.3 Å². The highest BCUT2D eigenvalue weighted by Crippen LogP contribution is 2.38. The second kappa shape index (κ2) is 11.2. The molecule has 1 atom stereocenters. The Morgan fingerprint density at radius 3 is 2.44 bits per heavy atom. The lowest BCUT2D eigenvalue weighted by atomic mass is 10.0. The molecule has 1 saturated carbocycles. The van der Waals surface area contributed by atoms with Gasteiger partial charge in [0.1, 0.15) is 17.5 Å². The number of nitrogens with zero attached hydrogens (tertiary/aromatic N) is 1. The van der Waals surface area contributed by atoms with E-state index in [0.29, 0.717) is 17.2 Å². The fourth-order valence-electron chi connectivity index (χ4n) is 4.45. The topological polar surface area (TPSA) is 67.9 Å². The summed E-state index contributed by atoms with van der Waals surface area (Å²) in [5, 5.41) is 5.15. The van der Waals surface area contributed by atoms with Crippen LogP contribution < -0.4 is 19.7 Å². The van der Waals surface area contributed by atoms with Gasteiger partial charge >= 0.3 is 0 Å². The van der Waals surface area contributed by atoms with Crippen molar-refractivity contribution in [2.24, 2.45) is 0 Å². The van der Waals surface area contributed by atoms with Gasteiger partial charge in [-0.05, 0) is 42.0 Å². The van der Waals surface area contributed by atoms with Crippen molar-refractivity contribution in [2.75, 3.05) is 19.1 Å². The van der Waals surface area contributed by atoms with Gasteiger partial charge in [-0.25, -0.2) is 0 Å². The molecule has 7 heteroatoms. The molecule has 1 aliphatic rings. The lowest BCUT2D eigenvalue weighted by Crippen LogP contribution is -2.47. The Bertz CT molecular complexity index is 1100. The number of thiophene rings is 1.